The van der Waals surface area contributed by atoms with Gasteiger partial charge in [-0.2, -0.15) is 0 Å². The maximum absolute atomic E-state index is 13.1. The molecule has 3 aromatic carbocycles. The number of H-pyrrole nitrogens is 1. The molecule has 0 saturated carbocycles. The Morgan fingerprint density at radius 1 is 0.892 bits per heavy atom. The van der Waals surface area contributed by atoms with Gasteiger partial charge in [-0.15, -0.1) is 0 Å². The Hall–Kier alpha value is -4.12. The van der Waals surface area contributed by atoms with E-state index in [4.69, 9.17) is 4.98 Å². The molecule has 1 aliphatic heterocycles. The number of hydrogen-bond acceptors (Lipinski definition) is 3. The van der Waals surface area contributed by atoms with Crippen LogP contribution < -0.4 is 4.90 Å². The number of aryl methyl sites for hydroxylation is 2. The second kappa shape index (κ2) is 10.1. The van der Waals surface area contributed by atoms with E-state index in [-0.39, 0.29) is 5.91 Å². The quantitative estimate of drug-likeness (QED) is 0.302. The van der Waals surface area contributed by atoms with E-state index in [1.807, 2.05) is 23.1 Å². The van der Waals surface area contributed by atoms with Crippen LogP contribution in [0.15, 0.2) is 84.9 Å². The molecule has 0 unspecified atom stereocenters. The minimum absolute atomic E-state index is 0.258. The Balaban J connectivity index is 1.17. The number of nitrogens with zero attached hydrogens (tertiary/aromatic N) is 3. The highest BCUT2D eigenvalue weighted by Crippen LogP contribution is 2.32. The lowest BCUT2D eigenvalue weighted by atomic mass is 10.0. The fourth-order valence-corrected chi connectivity index (χ4v) is 5.47. The molecule has 0 atom stereocenters. The zero-order valence-corrected chi connectivity index (χ0v) is 21.3. The zero-order valence-electron chi connectivity index (χ0n) is 21.3. The molecule has 37 heavy (non-hydrogen) atoms. The van der Waals surface area contributed by atoms with Crippen molar-refractivity contribution in [3.05, 3.63) is 96.1 Å². The predicted octanol–water partition coefficient (Wildman–Crippen LogP) is 6.36. The van der Waals surface area contributed by atoms with E-state index in [1.165, 1.54) is 22.2 Å². The normalized spacial score (nSPS) is 14.0. The highest BCUT2D eigenvalue weighted by molar-refractivity contribution is 5.92. The van der Waals surface area contributed by atoms with E-state index in [0.717, 1.165) is 66.8 Å². The molecule has 1 N–H and O–H groups in total. The number of aromatic nitrogens is 2. The number of hydrogen-bond donors (Lipinski definition) is 1. The molecule has 1 aliphatic rings. The van der Waals surface area contributed by atoms with Gasteiger partial charge >= 0.3 is 0 Å². The number of anilines is 1. The number of nitrogens with one attached hydrogen (secondary N) is 1. The van der Waals surface area contributed by atoms with Crippen LogP contribution in [0.4, 0.5) is 5.69 Å². The first-order valence-electron chi connectivity index (χ1n) is 13.2. The average molecular weight is 489 g/mol. The summed E-state index contributed by atoms with van der Waals surface area (Å²) in [5.74, 6) is 0.258. The first-order valence-corrected chi connectivity index (χ1v) is 13.2. The predicted molar refractivity (Wildman–Crippen MR) is 152 cm³/mol. The molecule has 1 saturated heterocycles. The highest BCUT2D eigenvalue weighted by atomic mass is 16.2. The number of piperazine rings is 1. The molecule has 2 aromatic heterocycles. The molecule has 0 spiro atoms. The first-order chi connectivity index (χ1) is 18.2. The van der Waals surface area contributed by atoms with Gasteiger partial charge in [0, 0.05) is 54.6 Å². The lowest BCUT2D eigenvalue weighted by Gasteiger charge is -2.36. The van der Waals surface area contributed by atoms with Crippen LogP contribution in [0.1, 0.15) is 24.0 Å². The number of fused-ring (bicyclic) bond motifs is 2. The second-order valence-corrected chi connectivity index (χ2v) is 9.97. The van der Waals surface area contributed by atoms with Crippen molar-refractivity contribution in [2.24, 2.45) is 0 Å². The van der Waals surface area contributed by atoms with E-state index in [9.17, 15) is 4.79 Å². The van der Waals surface area contributed by atoms with E-state index in [0.29, 0.717) is 6.42 Å². The SMILES string of the molecule is Cc1ccc2[nH]c(-c3ccc4ccccc4n3)c(CCCC(=O)N3CCN(c4ccccc4)CC3)c2c1. The molecule has 0 radical (unpaired) electrons. The van der Waals surface area contributed by atoms with Crippen molar-refractivity contribution < 1.29 is 4.79 Å². The van der Waals surface area contributed by atoms with Gasteiger partial charge in [-0.05, 0) is 61.7 Å². The van der Waals surface area contributed by atoms with Crippen molar-refractivity contribution >= 4 is 33.4 Å². The minimum atomic E-state index is 0.258. The third-order valence-electron chi connectivity index (χ3n) is 7.49. The molecule has 0 aliphatic carbocycles. The number of pyridine rings is 1. The molecule has 1 amide bonds. The molecule has 1 fully saturated rings. The minimum Gasteiger partial charge on any atom is -0.368 e. The Morgan fingerprint density at radius 3 is 2.51 bits per heavy atom. The van der Waals surface area contributed by atoms with Crippen molar-refractivity contribution in [1.29, 1.82) is 0 Å². The van der Waals surface area contributed by atoms with Gasteiger partial charge in [0.15, 0.2) is 0 Å². The Labute approximate surface area is 217 Å². The van der Waals surface area contributed by atoms with E-state index < -0.39 is 0 Å². The molecular weight excluding hydrogens is 456 g/mol. The van der Waals surface area contributed by atoms with Gasteiger partial charge in [0.2, 0.25) is 5.91 Å². The van der Waals surface area contributed by atoms with Gasteiger partial charge in [-0.3, -0.25) is 4.79 Å². The van der Waals surface area contributed by atoms with Crippen molar-refractivity contribution in [2.75, 3.05) is 31.1 Å². The zero-order chi connectivity index (χ0) is 25.2. The van der Waals surface area contributed by atoms with Crippen LogP contribution in [0.5, 0.6) is 0 Å². The summed E-state index contributed by atoms with van der Waals surface area (Å²) in [4.78, 5) is 26.1. The maximum Gasteiger partial charge on any atom is 0.222 e. The number of carbonyl (C=O) groups is 1. The lowest BCUT2D eigenvalue weighted by Crippen LogP contribution is -2.48. The van der Waals surface area contributed by atoms with Gasteiger partial charge in [-0.1, -0.05) is 54.1 Å². The lowest BCUT2D eigenvalue weighted by molar-refractivity contribution is -0.131. The molecule has 5 nitrogen and oxygen atoms in total. The molecule has 6 rings (SSSR count). The van der Waals surface area contributed by atoms with Crippen LogP contribution in [-0.2, 0) is 11.2 Å². The molecule has 5 heteroatoms. The van der Waals surface area contributed by atoms with Gasteiger partial charge in [0.25, 0.3) is 0 Å². The van der Waals surface area contributed by atoms with Gasteiger partial charge in [-0.25, -0.2) is 4.98 Å². The molecular formula is C32H32N4O. The summed E-state index contributed by atoms with van der Waals surface area (Å²) >= 11 is 0. The Bertz CT molecular complexity index is 1550. The van der Waals surface area contributed by atoms with Crippen molar-refractivity contribution in [2.45, 2.75) is 26.2 Å². The van der Waals surface area contributed by atoms with E-state index in [2.05, 4.69) is 83.5 Å². The van der Waals surface area contributed by atoms with Crippen LogP contribution >= 0.6 is 0 Å². The maximum atomic E-state index is 13.1. The van der Waals surface area contributed by atoms with Crippen LogP contribution in [0, 0.1) is 6.92 Å². The second-order valence-electron chi connectivity index (χ2n) is 9.97. The number of carbonyl (C=O) groups excluding carboxylic acids is 1. The summed E-state index contributed by atoms with van der Waals surface area (Å²) < 4.78 is 0. The third kappa shape index (κ3) is 4.82. The topological polar surface area (TPSA) is 52.2 Å². The Morgan fingerprint density at radius 2 is 1.68 bits per heavy atom. The van der Waals surface area contributed by atoms with Crippen molar-refractivity contribution in [1.82, 2.24) is 14.9 Å². The fourth-order valence-electron chi connectivity index (χ4n) is 5.47. The summed E-state index contributed by atoms with van der Waals surface area (Å²) in [6, 6.07) is 29.4. The molecule has 0 bridgehead atoms. The monoisotopic (exact) mass is 488 g/mol. The van der Waals surface area contributed by atoms with Crippen molar-refractivity contribution in [3.63, 3.8) is 0 Å². The molecule has 186 valence electrons. The van der Waals surface area contributed by atoms with Crippen LogP contribution in [0.2, 0.25) is 0 Å². The third-order valence-corrected chi connectivity index (χ3v) is 7.49. The fraction of sp³-hybridized carbons (Fsp3) is 0.250. The van der Waals surface area contributed by atoms with E-state index >= 15 is 0 Å². The van der Waals surface area contributed by atoms with Gasteiger partial charge in [0.1, 0.15) is 0 Å². The average Bonchev–Trinajstić information content (AvgIpc) is 3.31. The van der Waals surface area contributed by atoms with Crippen LogP contribution in [0.3, 0.4) is 0 Å². The van der Waals surface area contributed by atoms with Crippen molar-refractivity contribution in [3.8, 4) is 11.4 Å². The van der Waals surface area contributed by atoms with Crippen LogP contribution in [-0.4, -0.2) is 47.0 Å². The standard InChI is InChI=1S/C32H32N4O/c1-23-14-16-29-27(22-23)26(32(34-29)30-17-15-24-8-5-6-12-28(24)33-30)11-7-13-31(37)36-20-18-35(19-21-36)25-9-3-2-4-10-25/h2-6,8-10,12,14-17,22,34H,7,11,13,18-21H2,1H3. The van der Waals surface area contributed by atoms with Crippen LogP contribution in [0.25, 0.3) is 33.2 Å². The van der Waals surface area contributed by atoms with E-state index in [1.54, 1.807) is 0 Å². The summed E-state index contributed by atoms with van der Waals surface area (Å²) in [6.45, 7) is 5.46. The Kier molecular flexibility index (Phi) is 6.35. The molecule has 3 heterocycles. The highest BCUT2D eigenvalue weighted by Gasteiger charge is 2.22. The summed E-state index contributed by atoms with van der Waals surface area (Å²) in [5, 5.41) is 2.37. The summed E-state index contributed by atoms with van der Waals surface area (Å²) in [5.41, 5.74) is 7.85. The number of rotatable bonds is 6. The summed E-state index contributed by atoms with van der Waals surface area (Å²) in [7, 11) is 0. The number of para-hydroxylation sites is 2. The first kappa shape index (κ1) is 23.3. The van der Waals surface area contributed by atoms with Gasteiger partial charge in [0.05, 0.1) is 16.9 Å². The van der Waals surface area contributed by atoms with Gasteiger partial charge < -0.3 is 14.8 Å². The molecule has 5 aromatic rings. The summed E-state index contributed by atoms with van der Waals surface area (Å²) in [6.07, 6.45) is 2.22. The number of aromatic amines is 1. The number of amides is 1. The number of benzene rings is 3. The largest absolute Gasteiger partial charge is 0.368 e. The smallest absolute Gasteiger partial charge is 0.222 e.